The molecule has 1 aliphatic carbocycles. The zero-order chi connectivity index (χ0) is 23.2. The van der Waals surface area contributed by atoms with Crippen LogP contribution in [-0.4, -0.2) is 11.7 Å². The minimum Gasteiger partial charge on any atom is -0.496 e. The molecule has 168 valence electrons. The van der Waals surface area contributed by atoms with Gasteiger partial charge in [0.15, 0.2) is 4.80 Å². The Morgan fingerprint density at radius 1 is 1.03 bits per heavy atom. The van der Waals surface area contributed by atoms with Crippen LogP contribution in [0.5, 0.6) is 5.75 Å². The maximum Gasteiger partial charge on any atom is 0.271 e. The van der Waals surface area contributed by atoms with Gasteiger partial charge in [-0.2, -0.15) is 0 Å². The van der Waals surface area contributed by atoms with E-state index in [4.69, 9.17) is 9.73 Å². The molecule has 0 radical (unpaired) electrons. The van der Waals surface area contributed by atoms with Gasteiger partial charge in [0.25, 0.3) is 5.56 Å². The van der Waals surface area contributed by atoms with Crippen LogP contribution in [0, 0.1) is 5.82 Å². The second-order valence-electron chi connectivity index (χ2n) is 8.41. The molecule has 0 fully saturated rings. The molecule has 3 aromatic carbocycles. The molecule has 0 spiro atoms. The zero-order valence-electron chi connectivity index (χ0n) is 18.5. The predicted molar refractivity (Wildman–Crippen MR) is 132 cm³/mol. The first-order chi connectivity index (χ1) is 16.6. The van der Waals surface area contributed by atoms with Crippen molar-refractivity contribution in [2.24, 2.45) is 4.99 Å². The molecule has 0 bridgehead atoms. The SMILES string of the molecule is COc1ccccc1C=c1sc2n(c1=O)C(c1ccc(F)cc1)C1=C(N=2)c2ccccc2CC1. The van der Waals surface area contributed by atoms with Gasteiger partial charge in [-0.1, -0.05) is 65.9 Å². The van der Waals surface area contributed by atoms with Crippen LogP contribution in [0.3, 0.4) is 0 Å². The predicted octanol–water partition coefficient (Wildman–Crippen LogP) is 4.47. The lowest BCUT2D eigenvalue weighted by Gasteiger charge is -2.30. The first-order valence-electron chi connectivity index (χ1n) is 11.2. The number of para-hydroxylation sites is 1. The topological polar surface area (TPSA) is 43.6 Å². The Labute approximate surface area is 199 Å². The fourth-order valence-electron chi connectivity index (χ4n) is 4.89. The van der Waals surface area contributed by atoms with Gasteiger partial charge in [-0.3, -0.25) is 9.36 Å². The number of rotatable bonds is 3. The number of fused-ring (bicyclic) bond motifs is 3. The average Bonchev–Trinajstić information content (AvgIpc) is 3.18. The second-order valence-corrected chi connectivity index (χ2v) is 9.42. The van der Waals surface area contributed by atoms with Gasteiger partial charge in [0, 0.05) is 11.1 Å². The van der Waals surface area contributed by atoms with Crippen LogP contribution in [0.15, 0.2) is 88.2 Å². The molecule has 1 unspecified atom stereocenters. The normalized spacial score (nSPS) is 17.0. The van der Waals surface area contributed by atoms with E-state index in [1.165, 1.54) is 29.0 Å². The first kappa shape index (κ1) is 20.8. The summed E-state index contributed by atoms with van der Waals surface area (Å²) < 4.78 is 21.6. The summed E-state index contributed by atoms with van der Waals surface area (Å²) in [5, 5.41) is 0. The van der Waals surface area contributed by atoms with E-state index in [2.05, 4.69) is 12.1 Å². The van der Waals surface area contributed by atoms with Crippen molar-refractivity contribution in [1.29, 1.82) is 0 Å². The summed E-state index contributed by atoms with van der Waals surface area (Å²) >= 11 is 1.37. The number of allylic oxidation sites excluding steroid dienone is 1. The van der Waals surface area contributed by atoms with Crippen LogP contribution in [0.25, 0.3) is 11.8 Å². The van der Waals surface area contributed by atoms with Gasteiger partial charge in [-0.25, -0.2) is 9.38 Å². The molecule has 0 N–H and O–H groups in total. The highest BCUT2D eigenvalue weighted by molar-refractivity contribution is 7.07. The van der Waals surface area contributed by atoms with Crippen molar-refractivity contribution in [3.8, 4) is 5.75 Å². The van der Waals surface area contributed by atoms with E-state index in [-0.39, 0.29) is 17.4 Å². The van der Waals surface area contributed by atoms with Crippen molar-refractivity contribution in [2.75, 3.05) is 7.11 Å². The van der Waals surface area contributed by atoms with E-state index in [1.807, 2.05) is 42.5 Å². The van der Waals surface area contributed by atoms with Crippen molar-refractivity contribution in [2.45, 2.75) is 18.9 Å². The van der Waals surface area contributed by atoms with Crippen molar-refractivity contribution >= 4 is 23.1 Å². The summed E-state index contributed by atoms with van der Waals surface area (Å²) in [6, 6.07) is 22.1. The van der Waals surface area contributed by atoms with Crippen LogP contribution >= 0.6 is 11.3 Å². The highest BCUT2D eigenvalue weighted by Crippen LogP contribution is 2.41. The first-order valence-corrected chi connectivity index (χ1v) is 12.0. The molecule has 1 aliphatic heterocycles. The maximum absolute atomic E-state index is 13.8. The Morgan fingerprint density at radius 3 is 2.62 bits per heavy atom. The van der Waals surface area contributed by atoms with E-state index in [1.54, 1.807) is 23.8 Å². The molecule has 6 heteroatoms. The quantitative estimate of drug-likeness (QED) is 0.446. The summed E-state index contributed by atoms with van der Waals surface area (Å²) in [4.78, 5) is 19.4. The third-order valence-electron chi connectivity index (χ3n) is 6.48. The van der Waals surface area contributed by atoms with Gasteiger partial charge in [-0.05, 0) is 53.8 Å². The zero-order valence-corrected chi connectivity index (χ0v) is 19.3. The molecule has 0 saturated heterocycles. The second kappa shape index (κ2) is 8.22. The fourth-order valence-corrected chi connectivity index (χ4v) is 5.89. The molecule has 0 amide bonds. The molecule has 6 rings (SSSR count). The molecule has 2 heterocycles. The van der Waals surface area contributed by atoms with E-state index in [0.717, 1.165) is 40.8 Å². The number of halogens is 1. The molecule has 2 aliphatic rings. The minimum absolute atomic E-state index is 0.102. The number of nitrogens with zero attached hydrogens (tertiary/aromatic N) is 2. The lowest BCUT2D eigenvalue weighted by molar-refractivity contribution is 0.414. The van der Waals surface area contributed by atoms with E-state index < -0.39 is 0 Å². The third kappa shape index (κ3) is 3.33. The molecule has 4 nitrogen and oxygen atoms in total. The fraction of sp³-hybridized carbons (Fsp3) is 0.143. The summed E-state index contributed by atoms with van der Waals surface area (Å²) in [5.74, 6) is 0.409. The molecule has 0 saturated carbocycles. The van der Waals surface area contributed by atoms with E-state index in [0.29, 0.717) is 15.1 Å². The van der Waals surface area contributed by atoms with Gasteiger partial charge in [-0.15, -0.1) is 0 Å². The number of benzene rings is 3. The molecule has 34 heavy (non-hydrogen) atoms. The average molecular weight is 469 g/mol. The van der Waals surface area contributed by atoms with Gasteiger partial charge in [0.2, 0.25) is 0 Å². The number of thiazole rings is 1. The Bertz CT molecular complexity index is 1630. The van der Waals surface area contributed by atoms with Gasteiger partial charge in [0.05, 0.1) is 23.4 Å². The third-order valence-corrected chi connectivity index (χ3v) is 7.47. The lowest BCUT2D eigenvalue weighted by Crippen LogP contribution is -2.38. The monoisotopic (exact) mass is 468 g/mol. The number of methoxy groups -OCH3 is 1. The summed E-state index contributed by atoms with van der Waals surface area (Å²) in [6.45, 7) is 0. The standard InChI is InChI=1S/C28H21FN2O2S/c1-33-23-9-5-3-7-19(23)16-24-27(32)31-26(18-10-13-20(29)14-11-18)22-15-12-17-6-2-4-8-21(17)25(22)30-28(31)34-24/h2-11,13-14,16,26H,12,15H2,1H3. The highest BCUT2D eigenvalue weighted by atomic mass is 32.1. The van der Waals surface area contributed by atoms with Gasteiger partial charge >= 0.3 is 0 Å². The molecule has 4 aromatic rings. The summed E-state index contributed by atoms with van der Waals surface area (Å²) in [7, 11) is 1.62. The molecular weight excluding hydrogens is 447 g/mol. The van der Waals surface area contributed by atoms with Crippen LogP contribution in [0.1, 0.15) is 34.7 Å². The highest BCUT2D eigenvalue weighted by Gasteiger charge is 2.32. The van der Waals surface area contributed by atoms with E-state index in [9.17, 15) is 9.18 Å². The van der Waals surface area contributed by atoms with Crippen LogP contribution in [-0.2, 0) is 6.42 Å². The number of hydrogen-bond acceptors (Lipinski definition) is 4. The Balaban J connectivity index is 1.63. The van der Waals surface area contributed by atoms with Crippen LogP contribution in [0.4, 0.5) is 4.39 Å². The summed E-state index contributed by atoms with van der Waals surface area (Å²) in [6.07, 6.45) is 3.54. The van der Waals surface area contributed by atoms with E-state index >= 15 is 0 Å². The lowest BCUT2D eigenvalue weighted by atomic mass is 9.83. The van der Waals surface area contributed by atoms with Gasteiger partial charge < -0.3 is 4.74 Å². The Hall–Kier alpha value is -3.77. The molecule has 1 atom stereocenters. The largest absolute Gasteiger partial charge is 0.496 e. The van der Waals surface area contributed by atoms with Crippen molar-refractivity contribution in [1.82, 2.24) is 4.57 Å². The molecule has 1 aromatic heterocycles. The van der Waals surface area contributed by atoms with Crippen molar-refractivity contribution in [3.05, 3.63) is 126 Å². The Kier molecular flexibility index (Phi) is 5.03. The number of aromatic nitrogens is 1. The molecular formula is C28H21FN2O2S. The minimum atomic E-state index is -0.319. The van der Waals surface area contributed by atoms with Crippen molar-refractivity contribution in [3.63, 3.8) is 0 Å². The van der Waals surface area contributed by atoms with Crippen LogP contribution in [0.2, 0.25) is 0 Å². The number of hydrogen-bond donors (Lipinski definition) is 0. The smallest absolute Gasteiger partial charge is 0.271 e. The van der Waals surface area contributed by atoms with Gasteiger partial charge in [0.1, 0.15) is 11.6 Å². The van der Waals surface area contributed by atoms with Crippen LogP contribution < -0.4 is 19.6 Å². The Morgan fingerprint density at radius 2 is 1.79 bits per heavy atom. The maximum atomic E-state index is 13.8. The van der Waals surface area contributed by atoms with Crippen molar-refractivity contribution < 1.29 is 9.13 Å². The summed E-state index contributed by atoms with van der Waals surface area (Å²) in [5.41, 5.74) is 6.02. The number of ether oxygens (including phenoxy) is 1. The number of aryl methyl sites for hydroxylation is 1.